The Labute approximate surface area is 95.8 Å². The van der Waals surface area contributed by atoms with Crippen molar-refractivity contribution in [2.45, 2.75) is 32.2 Å². The lowest BCUT2D eigenvalue weighted by atomic mass is 9.93. The number of nitrogens with one attached hydrogen (secondary N) is 1. The lowest BCUT2D eigenvalue weighted by molar-refractivity contribution is 0.172. The van der Waals surface area contributed by atoms with Crippen molar-refractivity contribution in [3.05, 3.63) is 23.3 Å². The van der Waals surface area contributed by atoms with E-state index in [1.54, 1.807) is 0 Å². The highest BCUT2D eigenvalue weighted by Gasteiger charge is 2.26. The minimum Gasteiger partial charge on any atom is -0.454 e. The lowest BCUT2D eigenvalue weighted by Gasteiger charge is -2.26. The van der Waals surface area contributed by atoms with Crippen molar-refractivity contribution in [1.29, 1.82) is 0 Å². The smallest absolute Gasteiger partial charge is 0.231 e. The molecule has 16 heavy (non-hydrogen) atoms. The van der Waals surface area contributed by atoms with E-state index in [0.29, 0.717) is 12.8 Å². The van der Waals surface area contributed by atoms with Gasteiger partial charge in [0.25, 0.3) is 0 Å². The quantitative estimate of drug-likeness (QED) is 0.787. The highest BCUT2D eigenvalue weighted by atomic mass is 16.7. The maximum atomic E-state index is 5.60. The molecule has 0 bridgehead atoms. The van der Waals surface area contributed by atoms with Crippen LogP contribution < -0.4 is 14.8 Å². The fourth-order valence-electron chi connectivity index (χ4n) is 2.62. The zero-order valence-corrected chi connectivity index (χ0v) is 9.58. The lowest BCUT2D eigenvalue weighted by Crippen LogP contribution is -2.27. The third kappa shape index (κ3) is 1.55. The minimum absolute atomic E-state index is 0.360. The second-order valence-corrected chi connectivity index (χ2v) is 4.53. The molecule has 1 aromatic rings. The molecule has 3 nitrogen and oxygen atoms in total. The van der Waals surface area contributed by atoms with Crippen LogP contribution in [0.5, 0.6) is 11.5 Å². The standard InChI is InChI=1S/C13H17NO2/c1-9-5-6-11-13(16-8-15-11)12(9)10-4-2-3-7-14-10/h5-6,10,14H,2-4,7-8H2,1H3. The molecule has 3 rings (SSSR count). The Morgan fingerprint density at radius 2 is 2.19 bits per heavy atom. The van der Waals surface area contributed by atoms with E-state index < -0.39 is 0 Å². The van der Waals surface area contributed by atoms with Gasteiger partial charge in [-0.1, -0.05) is 12.5 Å². The molecule has 1 unspecified atom stereocenters. The van der Waals surface area contributed by atoms with Crippen molar-refractivity contribution in [2.75, 3.05) is 13.3 Å². The average Bonchev–Trinajstić information content (AvgIpc) is 2.78. The monoisotopic (exact) mass is 219 g/mol. The van der Waals surface area contributed by atoms with E-state index in [1.165, 1.54) is 30.4 Å². The van der Waals surface area contributed by atoms with Gasteiger partial charge in [0, 0.05) is 11.6 Å². The van der Waals surface area contributed by atoms with Gasteiger partial charge in [0.2, 0.25) is 6.79 Å². The predicted molar refractivity (Wildman–Crippen MR) is 61.9 cm³/mol. The highest BCUT2D eigenvalue weighted by molar-refractivity contribution is 5.53. The van der Waals surface area contributed by atoms with Gasteiger partial charge in [-0.05, 0) is 37.9 Å². The fourth-order valence-corrected chi connectivity index (χ4v) is 2.62. The van der Waals surface area contributed by atoms with Gasteiger partial charge in [-0.3, -0.25) is 0 Å². The maximum Gasteiger partial charge on any atom is 0.231 e. The molecule has 2 aliphatic heterocycles. The van der Waals surface area contributed by atoms with Gasteiger partial charge in [-0.25, -0.2) is 0 Å². The van der Waals surface area contributed by atoms with Crippen LogP contribution in [-0.4, -0.2) is 13.3 Å². The second-order valence-electron chi connectivity index (χ2n) is 4.53. The fraction of sp³-hybridized carbons (Fsp3) is 0.538. The summed E-state index contributed by atoms with van der Waals surface area (Å²) in [7, 11) is 0. The molecule has 0 amide bonds. The molecule has 86 valence electrons. The second kappa shape index (κ2) is 3.98. The molecule has 0 spiro atoms. The van der Waals surface area contributed by atoms with Gasteiger partial charge in [0.15, 0.2) is 11.5 Å². The van der Waals surface area contributed by atoms with E-state index in [9.17, 15) is 0 Å². The number of piperidine rings is 1. The Bertz CT molecular complexity index is 397. The molecule has 1 saturated heterocycles. The third-order valence-electron chi connectivity index (χ3n) is 3.45. The molecule has 2 aliphatic rings. The molecule has 1 fully saturated rings. The first-order valence-electron chi connectivity index (χ1n) is 5.99. The first-order chi connectivity index (χ1) is 7.86. The summed E-state index contributed by atoms with van der Waals surface area (Å²) in [5, 5.41) is 3.57. The molecular weight excluding hydrogens is 202 g/mol. The van der Waals surface area contributed by atoms with E-state index in [1.807, 2.05) is 6.07 Å². The Hall–Kier alpha value is -1.22. The Morgan fingerprint density at radius 3 is 3.00 bits per heavy atom. The molecule has 0 saturated carbocycles. The number of rotatable bonds is 1. The van der Waals surface area contributed by atoms with Crippen LogP contribution in [0.2, 0.25) is 0 Å². The summed E-state index contributed by atoms with van der Waals surface area (Å²) in [5.41, 5.74) is 2.60. The summed E-state index contributed by atoms with van der Waals surface area (Å²) in [6.07, 6.45) is 3.77. The SMILES string of the molecule is Cc1ccc2c(c1C1CCCCN1)OCO2. The van der Waals surface area contributed by atoms with Crippen molar-refractivity contribution in [3.8, 4) is 11.5 Å². The number of aryl methyl sites for hydroxylation is 1. The van der Waals surface area contributed by atoms with Crippen molar-refractivity contribution >= 4 is 0 Å². The highest BCUT2D eigenvalue weighted by Crippen LogP contribution is 2.42. The van der Waals surface area contributed by atoms with Crippen LogP contribution in [-0.2, 0) is 0 Å². The largest absolute Gasteiger partial charge is 0.454 e. The van der Waals surface area contributed by atoms with E-state index in [0.717, 1.165) is 18.0 Å². The molecule has 2 heterocycles. The van der Waals surface area contributed by atoms with Crippen molar-refractivity contribution < 1.29 is 9.47 Å². The Kier molecular flexibility index (Phi) is 2.48. The van der Waals surface area contributed by atoms with E-state index in [-0.39, 0.29) is 0 Å². The van der Waals surface area contributed by atoms with Crippen LogP contribution in [0.3, 0.4) is 0 Å². The Balaban J connectivity index is 2.01. The van der Waals surface area contributed by atoms with Gasteiger partial charge >= 0.3 is 0 Å². The van der Waals surface area contributed by atoms with Crippen LogP contribution >= 0.6 is 0 Å². The minimum atomic E-state index is 0.360. The van der Waals surface area contributed by atoms with Crippen LogP contribution in [0.15, 0.2) is 12.1 Å². The van der Waals surface area contributed by atoms with Crippen LogP contribution in [0.1, 0.15) is 36.4 Å². The van der Waals surface area contributed by atoms with Gasteiger partial charge < -0.3 is 14.8 Å². The van der Waals surface area contributed by atoms with E-state index >= 15 is 0 Å². The zero-order valence-electron chi connectivity index (χ0n) is 9.58. The first-order valence-corrected chi connectivity index (χ1v) is 5.99. The van der Waals surface area contributed by atoms with Crippen LogP contribution in [0.4, 0.5) is 0 Å². The summed E-state index contributed by atoms with van der Waals surface area (Å²) < 4.78 is 11.0. The Morgan fingerprint density at radius 1 is 1.25 bits per heavy atom. The van der Waals surface area contributed by atoms with Crippen molar-refractivity contribution in [3.63, 3.8) is 0 Å². The van der Waals surface area contributed by atoms with Crippen molar-refractivity contribution in [1.82, 2.24) is 5.32 Å². The normalized spacial score (nSPS) is 23.4. The average molecular weight is 219 g/mol. The molecule has 0 aromatic heterocycles. The summed E-state index contributed by atoms with van der Waals surface area (Å²) in [6, 6.07) is 4.56. The molecule has 3 heteroatoms. The third-order valence-corrected chi connectivity index (χ3v) is 3.45. The summed E-state index contributed by atoms with van der Waals surface area (Å²) in [4.78, 5) is 0. The van der Waals surface area contributed by atoms with Crippen LogP contribution in [0.25, 0.3) is 0 Å². The van der Waals surface area contributed by atoms with Gasteiger partial charge in [0.05, 0.1) is 0 Å². The zero-order chi connectivity index (χ0) is 11.0. The number of ether oxygens (including phenoxy) is 2. The molecular formula is C13H17NO2. The topological polar surface area (TPSA) is 30.5 Å². The number of benzene rings is 1. The molecule has 0 radical (unpaired) electrons. The van der Waals surface area contributed by atoms with Gasteiger partial charge in [-0.2, -0.15) is 0 Å². The molecule has 1 aromatic carbocycles. The van der Waals surface area contributed by atoms with Crippen LogP contribution in [0, 0.1) is 6.92 Å². The summed E-state index contributed by atoms with van der Waals surface area (Å²) >= 11 is 0. The first kappa shape index (κ1) is 9.97. The van der Waals surface area contributed by atoms with Gasteiger partial charge in [0.1, 0.15) is 0 Å². The number of hydrogen-bond acceptors (Lipinski definition) is 3. The number of fused-ring (bicyclic) bond motifs is 1. The molecule has 1 atom stereocenters. The number of hydrogen-bond donors (Lipinski definition) is 1. The van der Waals surface area contributed by atoms with E-state index in [2.05, 4.69) is 18.3 Å². The molecule has 1 N–H and O–H groups in total. The maximum absolute atomic E-state index is 5.60. The predicted octanol–water partition coefficient (Wildman–Crippen LogP) is 2.54. The summed E-state index contributed by atoms with van der Waals surface area (Å²) in [5.74, 6) is 1.85. The van der Waals surface area contributed by atoms with Crippen molar-refractivity contribution in [2.24, 2.45) is 0 Å². The van der Waals surface area contributed by atoms with E-state index in [4.69, 9.17) is 9.47 Å². The van der Waals surface area contributed by atoms with Gasteiger partial charge in [-0.15, -0.1) is 0 Å². The molecule has 0 aliphatic carbocycles. The summed E-state index contributed by atoms with van der Waals surface area (Å²) in [6.45, 7) is 3.61.